The maximum Gasteiger partial charge on any atom is 0.416 e. The number of H-pyrrole nitrogens is 1. The Kier molecular flexibility index (Phi) is 5.30. The lowest BCUT2D eigenvalue weighted by molar-refractivity contribution is -0.137. The maximum absolute atomic E-state index is 12.9. The van der Waals surface area contributed by atoms with Gasteiger partial charge in [0.25, 0.3) is 0 Å². The van der Waals surface area contributed by atoms with Crippen LogP contribution in [0.4, 0.5) is 13.2 Å². The van der Waals surface area contributed by atoms with Crippen molar-refractivity contribution >= 4 is 17.7 Å². The minimum absolute atomic E-state index is 0.269. The number of benzene rings is 1. The molecule has 0 aliphatic heterocycles. The van der Waals surface area contributed by atoms with Crippen molar-refractivity contribution in [1.82, 2.24) is 20.5 Å². The first-order valence-corrected chi connectivity index (χ1v) is 7.97. The van der Waals surface area contributed by atoms with Crippen LogP contribution in [0.1, 0.15) is 29.9 Å². The molecule has 1 heterocycles. The number of carbonyl (C=O) groups is 1. The van der Waals surface area contributed by atoms with Gasteiger partial charge in [-0.25, -0.2) is 4.98 Å². The summed E-state index contributed by atoms with van der Waals surface area (Å²) in [6.07, 6.45) is -1.45. The number of alkyl halides is 3. The van der Waals surface area contributed by atoms with Gasteiger partial charge in [0.05, 0.1) is 10.8 Å². The maximum atomic E-state index is 12.9. The molecule has 0 spiro atoms. The lowest BCUT2D eigenvalue weighted by atomic mass is 10.0. The summed E-state index contributed by atoms with van der Waals surface area (Å²) in [6, 6.07) is 3.95. The first-order chi connectivity index (χ1) is 10.8. The average molecular weight is 344 g/mol. The number of aromatic nitrogens is 3. The summed E-state index contributed by atoms with van der Waals surface area (Å²) in [7, 11) is 0. The molecule has 5 nitrogen and oxygen atoms in total. The van der Waals surface area contributed by atoms with Crippen LogP contribution in [0, 0.1) is 0 Å². The molecule has 0 saturated heterocycles. The highest BCUT2D eigenvalue weighted by molar-refractivity contribution is 7.99. The summed E-state index contributed by atoms with van der Waals surface area (Å²) in [5.74, 6) is -0.0257. The highest BCUT2D eigenvalue weighted by Gasteiger charge is 2.32. The van der Waals surface area contributed by atoms with E-state index in [4.69, 9.17) is 0 Å². The zero-order valence-electron chi connectivity index (χ0n) is 12.4. The predicted molar refractivity (Wildman–Crippen MR) is 80.8 cm³/mol. The van der Waals surface area contributed by atoms with E-state index in [1.165, 1.54) is 30.2 Å². The molecule has 1 amide bonds. The molecule has 2 aromatic rings. The summed E-state index contributed by atoms with van der Waals surface area (Å²) < 4.78 is 38.7. The third-order valence-electron chi connectivity index (χ3n) is 3.26. The Morgan fingerprint density at radius 1 is 1.39 bits per heavy atom. The number of amides is 1. The number of nitrogens with zero attached hydrogens (tertiary/aromatic N) is 2. The minimum Gasteiger partial charge on any atom is -0.341 e. The van der Waals surface area contributed by atoms with Gasteiger partial charge in [0.2, 0.25) is 5.91 Å². The van der Waals surface area contributed by atoms with Crippen LogP contribution in [-0.2, 0) is 11.0 Å². The second kappa shape index (κ2) is 7.03. The van der Waals surface area contributed by atoms with Gasteiger partial charge >= 0.3 is 6.18 Å². The fraction of sp³-hybridized carbons (Fsp3) is 0.357. The number of rotatable bonds is 5. The highest BCUT2D eigenvalue weighted by Crippen LogP contribution is 2.31. The molecule has 0 fully saturated rings. The van der Waals surface area contributed by atoms with Gasteiger partial charge in [-0.05, 0) is 30.9 Å². The Morgan fingerprint density at radius 2 is 2.13 bits per heavy atom. The van der Waals surface area contributed by atoms with E-state index >= 15 is 0 Å². The molecule has 23 heavy (non-hydrogen) atoms. The smallest absolute Gasteiger partial charge is 0.341 e. The molecule has 2 N–H and O–H groups in total. The first kappa shape index (κ1) is 17.3. The van der Waals surface area contributed by atoms with E-state index in [0.29, 0.717) is 0 Å². The van der Waals surface area contributed by atoms with Gasteiger partial charge in [-0.2, -0.15) is 30.0 Å². The second-order valence-corrected chi connectivity index (χ2v) is 5.99. The van der Waals surface area contributed by atoms with Crippen LogP contribution in [0.2, 0.25) is 0 Å². The monoisotopic (exact) mass is 344 g/mol. The van der Waals surface area contributed by atoms with Gasteiger partial charge in [0, 0.05) is 0 Å². The molecule has 0 bridgehead atoms. The average Bonchev–Trinajstić information content (AvgIpc) is 3.05. The normalized spacial score (nSPS) is 14.3. The number of hydrogen-bond acceptors (Lipinski definition) is 4. The molecule has 1 aromatic heterocycles. The standard InChI is InChI=1S/C14H15F3N4OS/c1-8(23-2)13(22)20-11(12-18-7-19-21-12)9-4-3-5-10(6-9)14(15,16)17/h3-8,11H,1-2H3,(H,20,22)(H,18,19,21). The van der Waals surface area contributed by atoms with Crippen LogP contribution in [-0.4, -0.2) is 32.6 Å². The molecule has 1 aromatic carbocycles. The molecule has 2 rings (SSSR count). The lowest BCUT2D eigenvalue weighted by Gasteiger charge is -2.20. The minimum atomic E-state index is -4.46. The summed E-state index contributed by atoms with van der Waals surface area (Å²) in [5.41, 5.74) is -0.509. The van der Waals surface area contributed by atoms with Gasteiger partial charge in [0.1, 0.15) is 12.4 Å². The first-order valence-electron chi connectivity index (χ1n) is 6.68. The van der Waals surface area contributed by atoms with Crippen molar-refractivity contribution in [2.75, 3.05) is 6.26 Å². The number of carbonyl (C=O) groups excluding carboxylic acids is 1. The van der Waals surface area contributed by atoms with Crippen molar-refractivity contribution in [2.45, 2.75) is 24.4 Å². The molecule has 0 radical (unpaired) electrons. The predicted octanol–water partition coefficient (Wildman–Crippen LogP) is 2.78. The largest absolute Gasteiger partial charge is 0.416 e. The van der Waals surface area contributed by atoms with Gasteiger partial charge < -0.3 is 5.32 Å². The summed E-state index contributed by atoms with van der Waals surface area (Å²) in [4.78, 5) is 16.1. The fourth-order valence-corrected chi connectivity index (χ4v) is 2.21. The van der Waals surface area contributed by atoms with Crippen molar-refractivity contribution in [1.29, 1.82) is 0 Å². The van der Waals surface area contributed by atoms with E-state index in [0.717, 1.165) is 12.1 Å². The van der Waals surface area contributed by atoms with Crippen molar-refractivity contribution in [3.05, 3.63) is 47.5 Å². The van der Waals surface area contributed by atoms with Gasteiger partial charge in [-0.1, -0.05) is 12.1 Å². The number of thioether (sulfide) groups is 1. The molecule has 0 saturated carbocycles. The van der Waals surface area contributed by atoms with E-state index in [2.05, 4.69) is 20.5 Å². The van der Waals surface area contributed by atoms with Crippen LogP contribution >= 0.6 is 11.8 Å². The molecule has 0 aliphatic carbocycles. The van der Waals surface area contributed by atoms with Crippen LogP contribution in [0.15, 0.2) is 30.6 Å². The summed E-state index contributed by atoms with van der Waals surface area (Å²) in [5, 5.41) is 8.65. The Balaban J connectivity index is 2.37. The van der Waals surface area contributed by atoms with Gasteiger partial charge in [-0.15, -0.1) is 0 Å². The molecule has 2 unspecified atom stereocenters. The SMILES string of the molecule is CSC(C)C(=O)NC(c1cccc(C(F)(F)F)c1)c1ncn[nH]1. The molecular formula is C14H15F3N4OS. The van der Waals surface area contributed by atoms with Gasteiger partial charge in [-0.3, -0.25) is 9.89 Å². The van der Waals surface area contributed by atoms with E-state index in [9.17, 15) is 18.0 Å². The molecule has 0 aliphatic rings. The second-order valence-electron chi connectivity index (χ2n) is 4.81. The van der Waals surface area contributed by atoms with Crippen molar-refractivity contribution < 1.29 is 18.0 Å². The Hall–Kier alpha value is -2.03. The quantitative estimate of drug-likeness (QED) is 0.875. The van der Waals surface area contributed by atoms with Crippen LogP contribution in [0.3, 0.4) is 0 Å². The van der Waals surface area contributed by atoms with E-state index < -0.39 is 17.8 Å². The zero-order chi connectivity index (χ0) is 17.0. The molecule has 2 atom stereocenters. The zero-order valence-corrected chi connectivity index (χ0v) is 13.2. The van der Waals surface area contributed by atoms with E-state index in [1.54, 1.807) is 13.2 Å². The Bertz CT molecular complexity index is 660. The number of nitrogens with one attached hydrogen (secondary N) is 2. The third kappa shape index (κ3) is 4.25. The number of aromatic amines is 1. The van der Waals surface area contributed by atoms with E-state index in [-0.39, 0.29) is 22.5 Å². The van der Waals surface area contributed by atoms with Crippen molar-refractivity contribution in [3.63, 3.8) is 0 Å². The molecule has 124 valence electrons. The third-order valence-corrected chi connectivity index (χ3v) is 4.18. The summed E-state index contributed by atoms with van der Waals surface area (Å²) in [6.45, 7) is 1.71. The van der Waals surface area contributed by atoms with Crippen LogP contribution in [0.5, 0.6) is 0 Å². The summed E-state index contributed by atoms with van der Waals surface area (Å²) >= 11 is 1.34. The topological polar surface area (TPSA) is 70.7 Å². The van der Waals surface area contributed by atoms with E-state index in [1.807, 2.05) is 0 Å². The van der Waals surface area contributed by atoms with Crippen LogP contribution in [0.25, 0.3) is 0 Å². The molecule has 9 heteroatoms. The van der Waals surface area contributed by atoms with Crippen molar-refractivity contribution in [2.24, 2.45) is 0 Å². The molecular weight excluding hydrogens is 329 g/mol. The van der Waals surface area contributed by atoms with Crippen LogP contribution < -0.4 is 5.32 Å². The Labute approximate surface area is 135 Å². The van der Waals surface area contributed by atoms with Gasteiger partial charge in [0.15, 0.2) is 5.82 Å². The number of hydrogen-bond donors (Lipinski definition) is 2. The fourth-order valence-electron chi connectivity index (χ4n) is 1.92. The Morgan fingerprint density at radius 3 is 2.70 bits per heavy atom. The lowest BCUT2D eigenvalue weighted by Crippen LogP contribution is -2.35. The number of halogens is 3. The highest BCUT2D eigenvalue weighted by atomic mass is 32.2. The van der Waals surface area contributed by atoms with Crippen molar-refractivity contribution in [3.8, 4) is 0 Å².